The predicted octanol–water partition coefficient (Wildman–Crippen LogP) is 4.14. The van der Waals surface area contributed by atoms with Crippen LogP contribution >= 0.6 is 0 Å². The Morgan fingerprint density at radius 1 is 1.25 bits per heavy atom. The minimum Gasteiger partial charge on any atom is -0.493 e. The number of urea groups is 1. The highest BCUT2D eigenvalue weighted by Gasteiger charge is 2.36. The summed E-state index contributed by atoms with van der Waals surface area (Å²) < 4.78 is 16.3. The third kappa shape index (κ3) is 5.89. The summed E-state index contributed by atoms with van der Waals surface area (Å²) in [4.78, 5) is 36.6. The maximum absolute atomic E-state index is 13.0. The van der Waals surface area contributed by atoms with Crippen LogP contribution in [0.15, 0.2) is 23.4 Å². The third-order valence-corrected chi connectivity index (χ3v) is 4.75. The zero-order valence-corrected chi connectivity index (χ0v) is 19.1. The van der Waals surface area contributed by atoms with Crippen LogP contribution in [-0.4, -0.2) is 36.7 Å². The van der Waals surface area contributed by atoms with Crippen LogP contribution in [0.1, 0.15) is 65.0 Å². The van der Waals surface area contributed by atoms with Crippen molar-refractivity contribution in [3.8, 4) is 11.5 Å². The molecule has 0 fully saturated rings. The molecule has 1 aliphatic rings. The number of nitrogens with one attached hydrogen (secondary N) is 2. The summed E-state index contributed by atoms with van der Waals surface area (Å²) in [7, 11) is 1.37. The largest absolute Gasteiger partial charge is 0.493 e. The molecule has 0 spiro atoms. The fourth-order valence-corrected chi connectivity index (χ4v) is 3.35. The number of ether oxygens (including phenoxy) is 3. The van der Waals surface area contributed by atoms with E-state index in [1.165, 1.54) is 19.2 Å². The molecule has 0 aliphatic carbocycles. The van der Waals surface area contributed by atoms with Crippen LogP contribution in [0.4, 0.5) is 10.5 Å². The summed E-state index contributed by atoms with van der Waals surface area (Å²) in [5.41, 5.74) is 0.661. The summed E-state index contributed by atoms with van der Waals surface area (Å²) >= 11 is 0. The van der Waals surface area contributed by atoms with Crippen molar-refractivity contribution in [2.24, 2.45) is 0 Å². The lowest BCUT2D eigenvalue weighted by atomic mass is 9.92. The molecule has 10 heteroatoms. The number of hydrogen-bond donors (Lipinski definition) is 2. The molecule has 1 aromatic rings. The summed E-state index contributed by atoms with van der Waals surface area (Å²) in [6.45, 7) is 7.60. The second kappa shape index (κ2) is 11.4. The first-order chi connectivity index (χ1) is 15.2. The molecule has 1 atom stereocenters. The Morgan fingerprint density at radius 3 is 2.53 bits per heavy atom. The highest BCUT2D eigenvalue weighted by atomic mass is 16.6. The van der Waals surface area contributed by atoms with Crippen molar-refractivity contribution in [3.63, 3.8) is 0 Å². The summed E-state index contributed by atoms with van der Waals surface area (Å²) in [6.07, 6.45) is 2.33. The lowest BCUT2D eigenvalue weighted by Gasteiger charge is -2.30. The fraction of sp³-hybridized carbons (Fsp3) is 0.545. The molecule has 1 heterocycles. The van der Waals surface area contributed by atoms with Gasteiger partial charge < -0.3 is 24.8 Å². The number of benzene rings is 1. The van der Waals surface area contributed by atoms with Gasteiger partial charge in [0.2, 0.25) is 5.75 Å². The molecule has 2 amide bonds. The van der Waals surface area contributed by atoms with Gasteiger partial charge in [0.05, 0.1) is 36.4 Å². The minimum absolute atomic E-state index is 0.00449. The van der Waals surface area contributed by atoms with E-state index in [2.05, 4.69) is 10.6 Å². The second-order valence-electron chi connectivity index (χ2n) is 7.66. The van der Waals surface area contributed by atoms with E-state index in [0.717, 1.165) is 12.8 Å². The number of methoxy groups -OCH3 is 1. The van der Waals surface area contributed by atoms with E-state index in [1.807, 2.05) is 13.8 Å². The number of carbonyl (C=O) groups is 2. The highest BCUT2D eigenvalue weighted by Crippen LogP contribution is 2.42. The Kier molecular flexibility index (Phi) is 8.86. The maximum Gasteiger partial charge on any atom is 0.338 e. The van der Waals surface area contributed by atoms with Crippen LogP contribution in [0.2, 0.25) is 0 Å². The lowest BCUT2D eigenvalue weighted by Crippen LogP contribution is -2.46. The van der Waals surface area contributed by atoms with Crippen molar-refractivity contribution in [2.75, 3.05) is 13.7 Å². The SMILES string of the molecule is CCCCC1=C(C(=O)OC(C)C)C(c2cc(OC)c(OCCC)c([N+](=O)[O-])c2)NC(=O)N1. The van der Waals surface area contributed by atoms with Gasteiger partial charge >= 0.3 is 17.7 Å². The van der Waals surface area contributed by atoms with E-state index in [-0.39, 0.29) is 35.5 Å². The summed E-state index contributed by atoms with van der Waals surface area (Å²) in [5.74, 6) is -0.455. The number of amides is 2. The Labute approximate surface area is 187 Å². The number of carbonyl (C=O) groups excluding carboxylic acids is 2. The molecule has 1 unspecified atom stereocenters. The molecule has 0 radical (unpaired) electrons. The van der Waals surface area contributed by atoms with Gasteiger partial charge in [-0.25, -0.2) is 9.59 Å². The van der Waals surface area contributed by atoms with Crippen molar-refractivity contribution in [1.29, 1.82) is 0 Å². The van der Waals surface area contributed by atoms with E-state index in [0.29, 0.717) is 24.1 Å². The lowest BCUT2D eigenvalue weighted by molar-refractivity contribution is -0.386. The Balaban J connectivity index is 2.67. The van der Waals surface area contributed by atoms with Gasteiger partial charge in [0.1, 0.15) is 0 Å². The smallest absolute Gasteiger partial charge is 0.338 e. The van der Waals surface area contributed by atoms with Crippen LogP contribution in [-0.2, 0) is 9.53 Å². The van der Waals surface area contributed by atoms with Gasteiger partial charge in [0.15, 0.2) is 5.75 Å². The molecule has 176 valence electrons. The minimum atomic E-state index is -0.949. The number of allylic oxidation sites excluding steroid dienone is 1. The molecule has 1 aromatic carbocycles. The Bertz CT molecular complexity index is 896. The molecule has 2 N–H and O–H groups in total. The van der Waals surface area contributed by atoms with Crippen LogP contribution in [0.3, 0.4) is 0 Å². The van der Waals surface area contributed by atoms with E-state index < -0.39 is 23.0 Å². The molecule has 0 saturated carbocycles. The van der Waals surface area contributed by atoms with Gasteiger partial charge in [-0.3, -0.25) is 10.1 Å². The number of nitrogens with zero attached hydrogens (tertiary/aromatic N) is 1. The fourth-order valence-electron chi connectivity index (χ4n) is 3.35. The molecule has 0 aromatic heterocycles. The number of hydrogen-bond acceptors (Lipinski definition) is 7. The molecule has 32 heavy (non-hydrogen) atoms. The molecular weight excluding hydrogens is 418 g/mol. The number of esters is 1. The maximum atomic E-state index is 13.0. The van der Waals surface area contributed by atoms with Crippen molar-refractivity contribution in [2.45, 2.75) is 65.5 Å². The highest BCUT2D eigenvalue weighted by molar-refractivity contribution is 5.95. The summed E-state index contributed by atoms with van der Waals surface area (Å²) in [5, 5.41) is 17.2. The Morgan fingerprint density at radius 2 is 1.97 bits per heavy atom. The van der Waals surface area contributed by atoms with Crippen LogP contribution in [0.5, 0.6) is 11.5 Å². The van der Waals surface area contributed by atoms with Crippen molar-refractivity contribution >= 4 is 17.7 Å². The van der Waals surface area contributed by atoms with Crippen LogP contribution in [0, 0.1) is 10.1 Å². The second-order valence-corrected chi connectivity index (χ2v) is 7.66. The van der Waals surface area contributed by atoms with E-state index in [1.54, 1.807) is 13.8 Å². The average Bonchev–Trinajstić information content (AvgIpc) is 2.74. The standard InChI is InChI=1S/C22H31N3O7/c1-6-8-9-15-18(21(26)32-13(3)4)19(24-22(27)23-15)14-11-16(25(28)29)20(31-10-7-2)17(12-14)30-5/h11-13,19H,6-10H2,1-5H3,(H2,23,24,27). The number of rotatable bonds is 11. The zero-order valence-electron chi connectivity index (χ0n) is 19.1. The molecule has 0 saturated heterocycles. The first-order valence-corrected chi connectivity index (χ1v) is 10.7. The van der Waals surface area contributed by atoms with E-state index in [9.17, 15) is 19.7 Å². The molecular formula is C22H31N3O7. The van der Waals surface area contributed by atoms with Gasteiger partial charge in [-0.05, 0) is 44.7 Å². The first kappa shape index (κ1) is 25.0. The number of nitro groups is 1. The van der Waals surface area contributed by atoms with Crippen molar-refractivity contribution in [3.05, 3.63) is 39.1 Å². The zero-order chi connectivity index (χ0) is 23.8. The normalized spacial score (nSPS) is 15.8. The molecule has 10 nitrogen and oxygen atoms in total. The molecule has 1 aliphatic heterocycles. The summed E-state index contributed by atoms with van der Waals surface area (Å²) in [6, 6.07) is 1.38. The van der Waals surface area contributed by atoms with Crippen LogP contribution < -0.4 is 20.1 Å². The first-order valence-electron chi connectivity index (χ1n) is 10.7. The molecule has 0 bridgehead atoms. The van der Waals surface area contributed by atoms with Gasteiger partial charge in [0, 0.05) is 11.8 Å². The monoisotopic (exact) mass is 449 g/mol. The van der Waals surface area contributed by atoms with E-state index in [4.69, 9.17) is 14.2 Å². The average molecular weight is 450 g/mol. The van der Waals surface area contributed by atoms with Crippen molar-refractivity contribution in [1.82, 2.24) is 10.6 Å². The topological polar surface area (TPSA) is 129 Å². The Hall–Kier alpha value is -3.30. The van der Waals surface area contributed by atoms with Crippen LogP contribution in [0.25, 0.3) is 0 Å². The number of unbranched alkanes of at least 4 members (excludes halogenated alkanes) is 1. The van der Waals surface area contributed by atoms with E-state index >= 15 is 0 Å². The predicted molar refractivity (Wildman–Crippen MR) is 118 cm³/mol. The van der Waals surface area contributed by atoms with Gasteiger partial charge in [-0.1, -0.05) is 20.3 Å². The third-order valence-electron chi connectivity index (χ3n) is 4.75. The van der Waals surface area contributed by atoms with Gasteiger partial charge in [0.25, 0.3) is 0 Å². The van der Waals surface area contributed by atoms with Gasteiger partial charge in [-0.2, -0.15) is 0 Å². The van der Waals surface area contributed by atoms with Gasteiger partial charge in [-0.15, -0.1) is 0 Å². The van der Waals surface area contributed by atoms with Crippen molar-refractivity contribution < 1.29 is 28.7 Å². The molecule has 2 rings (SSSR count). The number of nitro benzene ring substituents is 1. The quantitative estimate of drug-likeness (QED) is 0.295.